The third-order valence-electron chi connectivity index (χ3n) is 2.26. The number of benzene rings is 1. The lowest BCUT2D eigenvalue weighted by Gasteiger charge is -2.24. The molecule has 0 aliphatic rings. The first-order valence-corrected chi connectivity index (χ1v) is 4.21. The predicted octanol–water partition coefficient (Wildman–Crippen LogP) is 0.128. The van der Waals surface area contributed by atoms with Crippen molar-refractivity contribution in [1.82, 2.24) is 0 Å². The Hall–Kier alpha value is -1.39. The largest absolute Gasteiger partial charge is 0.508 e. The minimum absolute atomic E-state index is 0.0950. The molecule has 76 valence electrons. The summed E-state index contributed by atoms with van der Waals surface area (Å²) in [4.78, 5) is 11.2. The number of ketones is 1. The molecular formula is C10H13NO3. The van der Waals surface area contributed by atoms with Crippen molar-refractivity contribution in [2.75, 3.05) is 6.61 Å². The van der Waals surface area contributed by atoms with Gasteiger partial charge in [0.15, 0.2) is 5.78 Å². The number of rotatable bonds is 3. The van der Waals surface area contributed by atoms with Gasteiger partial charge in [-0.05, 0) is 24.6 Å². The molecule has 0 fully saturated rings. The maximum atomic E-state index is 11.2. The molecule has 1 rings (SSSR count). The molecule has 0 heterocycles. The number of phenolic OH excluding ortho intramolecular Hbond substituents is 1. The number of aliphatic hydroxyl groups excluding tert-OH is 1. The number of carbonyl (C=O) groups is 1. The molecule has 4 nitrogen and oxygen atoms in total. The molecule has 0 aliphatic heterocycles. The van der Waals surface area contributed by atoms with Crippen LogP contribution in [0.15, 0.2) is 24.3 Å². The normalized spacial score (nSPS) is 14.8. The zero-order chi connectivity index (χ0) is 10.8. The van der Waals surface area contributed by atoms with Crippen molar-refractivity contribution in [2.24, 2.45) is 5.73 Å². The SMILES string of the molecule is CC(=O)[C@](N)(CO)c1ccc(O)cc1. The van der Waals surface area contributed by atoms with Crippen LogP contribution in [0.5, 0.6) is 5.75 Å². The van der Waals surface area contributed by atoms with Crippen LogP contribution in [0.25, 0.3) is 0 Å². The monoisotopic (exact) mass is 195 g/mol. The molecule has 0 unspecified atom stereocenters. The summed E-state index contributed by atoms with van der Waals surface area (Å²) in [5, 5.41) is 18.1. The maximum absolute atomic E-state index is 11.2. The third kappa shape index (κ3) is 1.76. The molecule has 0 saturated heterocycles. The standard InChI is InChI=1S/C10H13NO3/c1-7(13)10(11,6-12)8-2-4-9(14)5-3-8/h2-5,12,14H,6,11H2,1H3/t10-/m1/s1. The highest BCUT2D eigenvalue weighted by Gasteiger charge is 2.31. The Morgan fingerprint density at radius 2 is 1.93 bits per heavy atom. The van der Waals surface area contributed by atoms with Gasteiger partial charge >= 0.3 is 0 Å². The van der Waals surface area contributed by atoms with E-state index in [4.69, 9.17) is 15.9 Å². The van der Waals surface area contributed by atoms with E-state index in [0.717, 1.165) is 0 Å². The summed E-state index contributed by atoms with van der Waals surface area (Å²) in [5.74, 6) is -0.219. The Kier molecular flexibility index (Phi) is 2.88. The number of aromatic hydroxyl groups is 1. The molecule has 0 spiro atoms. The van der Waals surface area contributed by atoms with E-state index in [9.17, 15) is 4.79 Å². The van der Waals surface area contributed by atoms with Gasteiger partial charge in [0.05, 0.1) is 6.61 Å². The molecule has 14 heavy (non-hydrogen) atoms. The molecular weight excluding hydrogens is 182 g/mol. The zero-order valence-electron chi connectivity index (χ0n) is 7.90. The van der Waals surface area contributed by atoms with Crippen molar-refractivity contribution in [2.45, 2.75) is 12.5 Å². The average molecular weight is 195 g/mol. The van der Waals surface area contributed by atoms with Crippen molar-refractivity contribution in [3.63, 3.8) is 0 Å². The number of carbonyl (C=O) groups excluding carboxylic acids is 1. The van der Waals surface area contributed by atoms with Gasteiger partial charge in [0.25, 0.3) is 0 Å². The third-order valence-corrected chi connectivity index (χ3v) is 2.26. The Morgan fingerprint density at radius 3 is 2.29 bits per heavy atom. The van der Waals surface area contributed by atoms with E-state index >= 15 is 0 Å². The summed E-state index contributed by atoms with van der Waals surface area (Å²) in [6.45, 7) is 0.871. The van der Waals surface area contributed by atoms with Gasteiger partial charge in [0.1, 0.15) is 11.3 Å². The van der Waals surface area contributed by atoms with Gasteiger partial charge in [-0.3, -0.25) is 4.79 Å². The summed E-state index contributed by atoms with van der Waals surface area (Å²) >= 11 is 0. The fourth-order valence-electron chi connectivity index (χ4n) is 1.16. The second kappa shape index (κ2) is 3.77. The van der Waals surface area contributed by atoms with E-state index in [1.54, 1.807) is 0 Å². The van der Waals surface area contributed by atoms with Crippen LogP contribution in [0.1, 0.15) is 12.5 Å². The van der Waals surface area contributed by atoms with E-state index in [-0.39, 0.29) is 11.5 Å². The van der Waals surface area contributed by atoms with Crippen LogP contribution in [0, 0.1) is 0 Å². The molecule has 1 atom stereocenters. The van der Waals surface area contributed by atoms with Crippen LogP contribution < -0.4 is 5.73 Å². The highest BCUT2D eigenvalue weighted by Crippen LogP contribution is 2.21. The number of hydrogen-bond donors (Lipinski definition) is 3. The molecule has 0 aliphatic carbocycles. The van der Waals surface area contributed by atoms with E-state index in [1.165, 1.54) is 31.2 Å². The minimum Gasteiger partial charge on any atom is -0.508 e. The van der Waals surface area contributed by atoms with Crippen LogP contribution in [0.3, 0.4) is 0 Å². The van der Waals surface area contributed by atoms with E-state index < -0.39 is 12.1 Å². The molecule has 0 bridgehead atoms. The van der Waals surface area contributed by atoms with Crippen LogP contribution in [0.4, 0.5) is 0 Å². The van der Waals surface area contributed by atoms with Crippen molar-refractivity contribution in [3.05, 3.63) is 29.8 Å². The molecule has 1 aromatic carbocycles. The molecule has 0 radical (unpaired) electrons. The highest BCUT2D eigenvalue weighted by atomic mass is 16.3. The number of hydrogen-bond acceptors (Lipinski definition) is 4. The van der Waals surface area contributed by atoms with Gasteiger partial charge in [-0.15, -0.1) is 0 Å². The topological polar surface area (TPSA) is 83.6 Å². The lowest BCUT2D eigenvalue weighted by molar-refractivity contribution is -0.123. The van der Waals surface area contributed by atoms with E-state index in [0.29, 0.717) is 5.56 Å². The molecule has 0 saturated carbocycles. The Morgan fingerprint density at radius 1 is 1.43 bits per heavy atom. The number of phenols is 1. The fourth-order valence-corrected chi connectivity index (χ4v) is 1.16. The lowest BCUT2D eigenvalue weighted by atomic mass is 9.88. The van der Waals surface area contributed by atoms with Crippen LogP contribution in [-0.4, -0.2) is 22.6 Å². The predicted molar refractivity (Wildman–Crippen MR) is 51.7 cm³/mol. The first kappa shape index (κ1) is 10.7. The molecule has 1 aromatic rings. The summed E-state index contributed by atoms with van der Waals surface area (Å²) in [6, 6.07) is 5.89. The van der Waals surface area contributed by atoms with Crippen molar-refractivity contribution in [3.8, 4) is 5.75 Å². The highest BCUT2D eigenvalue weighted by molar-refractivity contribution is 5.87. The number of nitrogens with two attached hydrogens (primary N) is 1. The van der Waals surface area contributed by atoms with Crippen molar-refractivity contribution >= 4 is 5.78 Å². The van der Waals surface area contributed by atoms with Gasteiger partial charge in [0, 0.05) is 0 Å². The first-order valence-electron chi connectivity index (χ1n) is 4.21. The Bertz CT molecular complexity index is 334. The van der Waals surface area contributed by atoms with E-state index in [1.807, 2.05) is 0 Å². The lowest BCUT2D eigenvalue weighted by Crippen LogP contribution is -2.46. The van der Waals surface area contributed by atoms with Gasteiger partial charge in [-0.25, -0.2) is 0 Å². The summed E-state index contributed by atoms with van der Waals surface area (Å²) in [5.41, 5.74) is 4.85. The zero-order valence-corrected chi connectivity index (χ0v) is 7.90. The molecule has 4 heteroatoms. The maximum Gasteiger partial charge on any atom is 0.156 e. The van der Waals surface area contributed by atoms with Gasteiger partial charge in [-0.1, -0.05) is 12.1 Å². The quantitative estimate of drug-likeness (QED) is 0.640. The Balaban J connectivity index is 3.13. The summed E-state index contributed by atoms with van der Waals surface area (Å²) in [7, 11) is 0. The summed E-state index contributed by atoms with van der Waals surface area (Å²) in [6.07, 6.45) is 0. The van der Waals surface area contributed by atoms with Gasteiger partial charge < -0.3 is 15.9 Å². The van der Waals surface area contributed by atoms with Crippen molar-refractivity contribution < 1.29 is 15.0 Å². The minimum atomic E-state index is -1.37. The second-order valence-corrected chi connectivity index (χ2v) is 3.23. The van der Waals surface area contributed by atoms with Crippen LogP contribution >= 0.6 is 0 Å². The fraction of sp³-hybridized carbons (Fsp3) is 0.300. The Labute approximate surface area is 82.0 Å². The molecule has 0 amide bonds. The van der Waals surface area contributed by atoms with Gasteiger partial charge in [-0.2, -0.15) is 0 Å². The first-order chi connectivity index (χ1) is 6.50. The van der Waals surface area contributed by atoms with E-state index in [2.05, 4.69) is 0 Å². The molecule has 4 N–H and O–H groups in total. The number of aliphatic hydroxyl groups is 1. The second-order valence-electron chi connectivity index (χ2n) is 3.23. The summed E-state index contributed by atoms with van der Waals surface area (Å²) < 4.78 is 0. The van der Waals surface area contributed by atoms with Crippen molar-refractivity contribution in [1.29, 1.82) is 0 Å². The van der Waals surface area contributed by atoms with Crippen LogP contribution in [0.2, 0.25) is 0 Å². The number of Topliss-reactive ketones (excluding diaryl/α,β-unsaturated/α-hetero) is 1. The molecule has 0 aromatic heterocycles. The van der Waals surface area contributed by atoms with Gasteiger partial charge in [0.2, 0.25) is 0 Å². The van der Waals surface area contributed by atoms with Crippen LogP contribution in [-0.2, 0) is 10.3 Å². The smallest absolute Gasteiger partial charge is 0.156 e. The average Bonchev–Trinajstić information content (AvgIpc) is 2.17.